The smallest absolute Gasteiger partial charge is 0.0601 e. The normalized spacial score (nSPS) is 22.4. The van der Waals surface area contributed by atoms with Gasteiger partial charge >= 0.3 is 0 Å². The van der Waals surface area contributed by atoms with Gasteiger partial charge in [-0.25, -0.2) is 0 Å². The van der Waals surface area contributed by atoms with Crippen molar-refractivity contribution in [3.05, 3.63) is 30.3 Å². The number of hydrogen-bond acceptors (Lipinski definition) is 3. The fourth-order valence-corrected chi connectivity index (χ4v) is 1.82. The first-order valence-corrected chi connectivity index (χ1v) is 5.04. The summed E-state index contributed by atoms with van der Waals surface area (Å²) in [4.78, 5) is 2.30. The molecule has 1 atom stereocenters. The Kier molecular flexibility index (Phi) is 3.01. The number of rotatable bonds is 2. The van der Waals surface area contributed by atoms with Gasteiger partial charge in [0, 0.05) is 31.4 Å². The van der Waals surface area contributed by atoms with Crippen LogP contribution in [0.1, 0.15) is 0 Å². The summed E-state index contributed by atoms with van der Waals surface area (Å²) in [5.74, 6) is 0. The molecule has 14 heavy (non-hydrogen) atoms. The zero-order chi connectivity index (χ0) is 9.80. The highest BCUT2D eigenvalue weighted by molar-refractivity contribution is 5.46. The first-order chi connectivity index (χ1) is 6.90. The lowest BCUT2D eigenvalue weighted by molar-refractivity contribution is 0.235. The molecule has 1 aliphatic rings. The van der Waals surface area contributed by atoms with Crippen LogP contribution in [0.5, 0.6) is 0 Å². The third-order valence-electron chi connectivity index (χ3n) is 2.60. The van der Waals surface area contributed by atoms with Crippen LogP contribution in [0.4, 0.5) is 5.69 Å². The summed E-state index contributed by atoms with van der Waals surface area (Å²) in [6, 6.07) is 10.6. The van der Waals surface area contributed by atoms with E-state index in [1.165, 1.54) is 5.69 Å². The fourth-order valence-electron chi connectivity index (χ4n) is 1.82. The topological polar surface area (TPSA) is 35.5 Å². The van der Waals surface area contributed by atoms with Crippen molar-refractivity contribution in [2.24, 2.45) is 0 Å². The van der Waals surface area contributed by atoms with Gasteiger partial charge in [0.2, 0.25) is 0 Å². The molecule has 0 aliphatic carbocycles. The van der Waals surface area contributed by atoms with E-state index in [4.69, 9.17) is 5.11 Å². The van der Waals surface area contributed by atoms with Crippen LogP contribution in [0.2, 0.25) is 0 Å². The molecular formula is C11H16N2O. The lowest BCUT2D eigenvalue weighted by Gasteiger charge is -2.34. The zero-order valence-electron chi connectivity index (χ0n) is 8.19. The molecule has 1 aliphatic heterocycles. The first kappa shape index (κ1) is 9.49. The van der Waals surface area contributed by atoms with E-state index in [0.29, 0.717) is 0 Å². The summed E-state index contributed by atoms with van der Waals surface area (Å²) in [6.07, 6.45) is 0. The van der Waals surface area contributed by atoms with E-state index >= 15 is 0 Å². The van der Waals surface area contributed by atoms with Crippen molar-refractivity contribution in [2.45, 2.75) is 6.04 Å². The molecule has 1 fully saturated rings. The van der Waals surface area contributed by atoms with Gasteiger partial charge < -0.3 is 15.3 Å². The maximum Gasteiger partial charge on any atom is 0.0601 e. The third-order valence-corrected chi connectivity index (χ3v) is 2.60. The SMILES string of the molecule is OC[C@@H]1CN(c2ccccc2)CCN1. The molecule has 0 bridgehead atoms. The van der Waals surface area contributed by atoms with Crippen LogP contribution in [0.15, 0.2) is 30.3 Å². The quantitative estimate of drug-likeness (QED) is 0.714. The van der Waals surface area contributed by atoms with Crippen molar-refractivity contribution in [3.63, 3.8) is 0 Å². The maximum absolute atomic E-state index is 9.07. The highest BCUT2D eigenvalue weighted by Gasteiger charge is 2.17. The number of benzene rings is 1. The van der Waals surface area contributed by atoms with Crippen molar-refractivity contribution in [1.29, 1.82) is 0 Å². The van der Waals surface area contributed by atoms with Crippen LogP contribution in [-0.4, -0.2) is 37.4 Å². The average Bonchev–Trinajstić information content (AvgIpc) is 2.30. The second-order valence-corrected chi connectivity index (χ2v) is 3.62. The molecule has 0 spiro atoms. The van der Waals surface area contributed by atoms with E-state index in [0.717, 1.165) is 19.6 Å². The van der Waals surface area contributed by atoms with E-state index < -0.39 is 0 Å². The predicted octanol–water partition coefficient (Wildman–Crippen LogP) is 0.457. The molecule has 1 aromatic carbocycles. The van der Waals surface area contributed by atoms with Gasteiger partial charge in [0.25, 0.3) is 0 Å². The van der Waals surface area contributed by atoms with Crippen LogP contribution in [0.3, 0.4) is 0 Å². The third kappa shape index (κ3) is 2.05. The molecule has 0 radical (unpaired) electrons. The summed E-state index contributed by atoms with van der Waals surface area (Å²) >= 11 is 0. The fraction of sp³-hybridized carbons (Fsp3) is 0.455. The van der Waals surface area contributed by atoms with Gasteiger partial charge in [-0.2, -0.15) is 0 Å². The molecule has 1 aromatic rings. The lowest BCUT2D eigenvalue weighted by atomic mass is 10.2. The van der Waals surface area contributed by atoms with E-state index in [2.05, 4.69) is 22.3 Å². The van der Waals surface area contributed by atoms with Crippen LogP contribution in [0, 0.1) is 0 Å². The average molecular weight is 192 g/mol. The summed E-state index contributed by atoms with van der Waals surface area (Å²) in [5, 5.41) is 12.3. The molecule has 3 nitrogen and oxygen atoms in total. The Morgan fingerprint density at radius 2 is 2.14 bits per heavy atom. The molecule has 2 rings (SSSR count). The number of para-hydroxylation sites is 1. The van der Waals surface area contributed by atoms with Gasteiger partial charge in [-0.05, 0) is 12.1 Å². The van der Waals surface area contributed by atoms with Gasteiger partial charge in [-0.1, -0.05) is 18.2 Å². The number of piperazine rings is 1. The Hall–Kier alpha value is -1.06. The molecule has 76 valence electrons. The number of aliphatic hydroxyl groups excluding tert-OH is 1. The summed E-state index contributed by atoms with van der Waals surface area (Å²) in [5.41, 5.74) is 1.24. The molecule has 0 amide bonds. The Balaban J connectivity index is 2.04. The predicted molar refractivity (Wildman–Crippen MR) is 57.5 cm³/mol. The van der Waals surface area contributed by atoms with Gasteiger partial charge in [0.05, 0.1) is 6.61 Å². The number of aliphatic hydroxyl groups is 1. The summed E-state index contributed by atoms with van der Waals surface area (Å²) < 4.78 is 0. The Morgan fingerprint density at radius 1 is 1.36 bits per heavy atom. The summed E-state index contributed by atoms with van der Waals surface area (Å²) in [6.45, 7) is 3.06. The van der Waals surface area contributed by atoms with Crippen LogP contribution in [0.25, 0.3) is 0 Å². The molecule has 1 saturated heterocycles. The van der Waals surface area contributed by atoms with Crippen molar-refractivity contribution < 1.29 is 5.11 Å². The second kappa shape index (κ2) is 4.44. The van der Waals surface area contributed by atoms with Crippen LogP contribution >= 0.6 is 0 Å². The monoisotopic (exact) mass is 192 g/mol. The largest absolute Gasteiger partial charge is 0.395 e. The first-order valence-electron chi connectivity index (χ1n) is 5.04. The van der Waals surface area contributed by atoms with Crippen molar-refractivity contribution in [2.75, 3.05) is 31.1 Å². The molecule has 0 unspecified atom stereocenters. The highest BCUT2D eigenvalue weighted by Crippen LogP contribution is 2.14. The molecule has 2 N–H and O–H groups in total. The standard InChI is InChI=1S/C11H16N2O/c14-9-10-8-13(7-6-12-10)11-4-2-1-3-5-11/h1-5,10,12,14H,6-9H2/t10-/m0/s1. The molecule has 0 aromatic heterocycles. The number of anilines is 1. The number of nitrogens with one attached hydrogen (secondary N) is 1. The minimum atomic E-state index is 0.212. The van der Waals surface area contributed by atoms with Gasteiger partial charge in [0.1, 0.15) is 0 Å². The van der Waals surface area contributed by atoms with Crippen molar-refractivity contribution >= 4 is 5.69 Å². The Labute approximate surface area is 84.4 Å². The van der Waals surface area contributed by atoms with E-state index in [-0.39, 0.29) is 12.6 Å². The van der Waals surface area contributed by atoms with E-state index in [9.17, 15) is 0 Å². The molecule has 1 heterocycles. The minimum absolute atomic E-state index is 0.212. The zero-order valence-corrected chi connectivity index (χ0v) is 8.19. The molecular weight excluding hydrogens is 176 g/mol. The van der Waals surface area contributed by atoms with Gasteiger partial charge in [-0.3, -0.25) is 0 Å². The van der Waals surface area contributed by atoms with Crippen LogP contribution < -0.4 is 10.2 Å². The van der Waals surface area contributed by atoms with Crippen molar-refractivity contribution in [1.82, 2.24) is 5.32 Å². The number of nitrogens with zero attached hydrogens (tertiary/aromatic N) is 1. The Morgan fingerprint density at radius 3 is 2.86 bits per heavy atom. The van der Waals surface area contributed by atoms with E-state index in [1.807, 2.05) is 18.2 Å². The van der Waals surface area contributed by atoms with Crippen molar-refractivity contribution in [3.8, 4) is 0 Å². The number of hydrogen-bond donors (Lipinski definition) is 2. The maximum atomic E-state index is 9.07. The minimum Gasteiger partial charge on any atom is -0.395 e. The molecule has 0 saturated carbocycles. The second-order valence-electron chi connectivity index (χ2n) is 3.62. The van der Waals surface area contributed by atoms with Crippen LogP contribution in [-0.2, 0) is 0 Å². The summed E-state index contributed by atoms with van der Waals surface area (Å²) in [7, 11) is 0. The highest BCUT2D eigenvalue weighted by atomic mass is 16.3. The van der Waals surface area contributed by atoms with Gasteiger partial charge in [0.15, 0.2) is 0 Å². The lowest BCUT2D eigenvalue weighted by Crippen LogP contribution is -2.52. The molecule has 3 heteroatoms. The Bertz CT molecular complexity index is 276. The van der Waals surface area contributed by atoms with Gasteiger partial charge in [-0.15, -0.1) is 0 Å². The van der Waals surface area contributed by atoms with E-state index in [1.54, 1.807) is 0 Å².